The Hall–Kier alpha value is -2.61. The highest BCUT2D eigenvalue weighted by molar-refractivity contribution is 5.99. The van der Waals surface area contributed by atoms with E-state index in [0.717, 1.165) is 0 Å². The number of amides is 3. The number of methoxy groups -OCH3 is 1. The number of ether oxygens (including phenoxy) is 2. The van der Waals surface area contributed by atoms with Crippen LogP contribution in [0, 0.1) is 11.8 Å². The van der Waals surface area contributed by atoms with Crippen molar-refractivity contribution < 1.29 is 23.9 Å². The first-order valence-electron chi connectivity index (χ1n) is 11.0. The Kier molecular flexibility index (Phi) is 7.90. The summed E-state index contributed by atoms with van der Waals surface area (Å²) in [5.41, 5.74) is 0.401. The highest BCUT2D eigenvalue weighted by atomic mass is 16.5. The fourth-order valence-corrected chi connectivity index (χ4v) is 4.15. The molecule has 1 unspecified atom stereocenters. The third-order valence-corrected chi connectivity index (χ3v) is 6.05. The normalized spacial score (nSPS) is 18.6. The minimum atomic E-state index is -0.635. The summed E-state index contributed by atoms with van der Waals surface area (Å²) in [5, 5.41) is 2.89. The van der Waals surface area contributed by atoms with Gasteiger partial charge in [-0.2, -0.15) is 0 Å². The second-order valence-corrected chi connectivity index (χ2v) is 8.43. The number of morpholine rings is 1. The molecule has 0 radical (unpaired) electrons. The summed E-state index contributed by atoms with van der Waals surface area (Å²) < 4.78 is 10.6. The number of piperidine rings is 1. The molecule has 170 valence electrons. The lowest BCUT2D eigenvalue weighted by molar-refractivity contribution is -0.144. The lowest BCUT2D eigenvalue weighted by atomic mass is 9.93. The lowest BCUT2D eigenvalue weighted by Crippen LogP contribution is -2.54. The molecule has 0 spiro atoms. The summed E-state index contributed by atoms with van der Waals surface area (Å²) in [6.45, 7) is 7.33. The molecule has 3 amide bonds. The molecule has 8 heteroatoms. The molecule has 2 aliphatic heterocycles. The number of benzene rings is 1. The summed E-state index contributed by atoms with van der Waals surface area (Å²) in [6, 6.07) is 6.32. The van der Waals surface area contributed by atoms with Crippen molar-refractivity contribution in [2.24, 2.45) is 11.8 Å². The van der Waals surface area contributed by atoms with Gasteiger partial charge in [0.2, 0.25) is 11.8 Å². The van der Waals surface area contributed by atoms with Crippen molar-refractivity contribution in [3.05, 3.63) is 29.8 Å². The number of para-hydroxylation sites is 1. The van der Waals surface area contributed by atoms with Gasteiger partial charge in [-0.15, -0.1) is 0 Å². The van der Waals surface area contributed by atoms with E-state index in [9.17, 15) is 14.4 Å². The van der Waals surface area contributed by atoms with Gasteiger partial charge >= 0.3 is 0 Å². The summed E-state index contributed by atoms with van der Waals surface area (Å²) in [7, 11) is 1.51. The van der Waals surface area contributed by atoms with Gasteiger partial charge in [0.25, 0.3) is 5.91 Å². The van der Waals surface area contributed by atoms with Crippen molar-refractivity contribution in [3.63, 3.8) is 0 Å². The van der Waals surface area contributed by atoms with Gasteiger partial charge in [-0.25, -0.2) is 0 Å². The molecule has 3 rings (SSSR count). The van der Waals surface area contributed by atoms with Gasteiger partial charge in [0, 0.05) is 32.1 Å². The summed E-state index contributed by atoms with van der Waals surface area (Å²) in [4.78, 5) is 42.4. The van der Waals surface area contributed by atoms with E-state index in [0.29, 0.717) is 63.5 Å². The molecular weight excluding hydrogens is 398 g/mol. The molecule has 1 aromatic rings. The van der Waals surface area contributed by atoms with Gasteiger partial charge in [-0.05, 0) is 30.9 Å². The van der Waals surface area contributed by atoms with E-state index in [2.05, 4.69) is 5.32 Å². The molecule has 2 saturated heterocycles. The van der Waals surface area contributed by atoms with Gasteiger partial charge in [0.15, 0.2) is 0 Å². The monoisotopic (exact) mass is 431 g/mol. The van der Waals surface area contributed by atoms with Gasteiger partial charge in [-0.3, -0.25) is 14.4 Å². The Morgan fingerprint density at radius 3 is 2.29 bits per heavy atom. The van der Waals surface area contributed by atoms with E-state index in [1.165, 1.54) is 7.11 Å². The van der Waals surface area contributed by atoms with E-state index >= 15 is 0 Å². The summed E-state index contributed by atoms with van der Waals surface area (Å²) in [6.07, 6.45) is 1.29. The largest absolute Gasteiger partial charge is 0.496 e. The Labute approximate surface area is 183 Å². The van der Waals surface area contributed by atoms with E-state index in [1.807, 2.05) is 18.7 Å². The Morgan fingerprint density at radius 2 is 1.68 bits per heavy atom. The number of hydrogen-bond donors (Lipinski definition) is 1. The van der Waals surface area contributed by atoms with Crippen molar-refractivity contribution in [1.29, 1.82) is 0 Å². The molecular formula is C23H33N3O5. The fraction of sp³-hybridized carbons (Fsp3) is 0.609. The van der Waals surface area contributed by atoms with Crippen molar-refractivity contribution in [2.75, 3.05) is 46.5 Å². The molecule has 2 aliphatic rings. The van der Waals surface area contributed by atoms with Crippen LogP contribution in [0.25, 0.3) is 0 Å². The molecule has 1 atom stereocenters. The zero-order chi connectivity index (χ0) is 22.4. The predicted octanol–water partition coefficient (Wildman–Crippen LogP) is 1.55. The number of carbonyl (C=O) groups excluding carboxylic acids is 3. The zero-order valence-electron chi connectivity index (χ0n) is 18.6. The number of hydrogen-bond acceptors (Lipinski definition) is 5. The van der Waals surface area contributed by atoms with E-state index in [1.54, 1.807) is 29.2 Å². The Morgan fingerprint density at radius 1 is 1.03 bits per heavy atom. The van der Waals surface area contributed by atoms with E-state index < -0.39 is 6.04 Å². The van der Waals surface area contributed by atoms with Crippen molar-refractivity contribution in [2.45, 2.75) is 32.7 Å². The predicted molar refractivity (Wildman–Crippen MR) is 116 cm³/mol. The molecule has 8 nitrogen and oxygen atoms in total. The van der Waals surface area contributed by atoms with Crippen LogP contribution in [0.4, 0.5) is 0 Å². The van der Waals surface area contributed by atoms with E-state index in [-0.39, 0.29) is 29.6 Å². The minimum Gasteiger partial charge on any atom is -0.496 e. The second-order valence-electron chi connectivity index (χ2n) is 8.43. The van der Waals surface area contributed by atoms with Crippen LogP contribution in [-0.4, -0.2) is 80.1 Å². The summed E-state index contributed by atoms with van der Waals surface area (Å²) in [5.74, 6) is 0.0803. The Bertz CT molecular complexity index is 783. The zero-order valence-corrected chi connectivity index (χ0v) is 18.6. The smallest absolute Gasteiger partial charge is 0.255 e. The van der Waals surface area contributed by atoms with Gasteiger partial charge in [0.1, 0.15) is 11.8 Å². The molecule has 0 aliphatic carbocycles. The van der Waals surface area contributed by atoms with Gasteiger partial charge < -0.3 is 24.6 Å². The lowest BCUT2D eigenvalue weighted by Gasteiger charge is -2.37. The standard InChI is InChI=1S/C23H33N3O5/c1-16(2)20(24-21(27)18-6-4-5-7-19(18)30-3)23(29)25-10-8-17(9-11-25)22(28)26-12-14-31-15-13-26/h4-7,16-17,20H,8-15H2,1-3H3,(H,24,27). The van der Waals surface area contributed by atoms with Crippen LogP contribution in [-0.2, 0) is 14.3 Å². The number of rotatable bonds is 6. The van der Waals surface area contributed by atoms with E-state index in [4.69, 9.17) is 9.47 Å². The molecule has 2 heterocycles. The molecule has 0 saturated carbocycles. The number of carbonyl (C=O) groups is 3. The fourth-order valence-electron chi connectivity index (χ4n) is 4.15. The third kappa shape index (κ3) is 5.55. The first-order chi connectivity index (χ1) is 14.9. The van der Waals surface area contributed by atoms with Crippen LogP contribution in [0.3, 0.4) is 0 Å². The summed E-state index contributed by atoms with van der Waals surface area (Å²) >= 11 is 0. The first kappa shape index (κ1) is 23.1. The highest BCUT2D eigenvalue weighted by Crippen LogP contribution is 2.23. The molecule has 1 aromatic carbocycles. The minimum absolute atomic E-state index is 0.0529. The third-order valence-electron chi connectivity index (χ3n) is 6.05. The van der Waals surface area contributed by atoms with Gasteiger partial charge in [-0.1, -0.05) is 26.0 Å². The first-order valence-corrected chi connectivity index (χ1v) is 11.0. The van der Waals surface area contributed by atoms with Crippen LogP contribution >= 0.6 is 0 Å². The Balaban J connectivity index is 1.59. The quantitative estimate of drug-likeness (QED) is 0.738. The van der Waals surface area contributed by atoms with Crippen molar-refractivity contribution in [3.8, 4) is 5.75 Å². The average Bonchev–Trinajstić information content (AvgIpc) is 2.82. The van der Waals surface area contributed by atoms with Crippen molar-refractivity contribution >= 4 is 17.7 Å². The molecule has 0 aromatic heterocycles. The maximum atomic E-state index is 13.2. The number of nitrogens with zero attached hydrogens (tertiary/aromatic N) is 2. The van der Waals surface area contributed by atoms with Gasteiger partial charge in [0.05, 0.1) is 25.9 Å². The van der Waals surface area contributed by atoms with Crippen LogP contribution in [0.2, 0.25) is 0 Å². The van der Waals surface area contributed by atoms with Crippen LogP contribution in [0.1, 0.15) is 37.0 Å². The van der Waals surface area contributed by atoms with Crippen LogP contribution in [0.5, 0.6) is 5.75 Å². The maximum Gasteiger partial charge on any atom is 0.255 e. The highest BCUT2D eigenvalue weighted by Gasteiger charge is 2.34. The van der Waals surface area contributed by atoms with Crippen LogP contribution < -0.4 is 10.1 Å². The molecule has 1 N–H and O–H groups in total. The van der Waals surface area contributed by atoms with Crippen molar-refractivity contribution in [1.82, 2.24) is 15.1 Å². The number of likely N-dealkylation sites (tertiary alicyclic amines) is 1. The molecule has 0 bridgehead atoms. The SMILES string of the molecule is COc1ccccc1C(=O)NC(C(=O)N1CCC(C(=O)N2CCOCC2)CC1)C(C)C. The number of nitrogens with one attached hydrogen (secondary N) is 1. The topological polar surface area (TPSA) is 88.2 Å². The molecule has 2 fully saturated rings. The molecule has 31 heavy (non-hydrogen) atoms. The maximum absolute atomic E-state index is 13.2. The average molecular weight is 432 g/mol. The van der Waals surface area contributed by atoms with Crippen LogP contribution in [0.15, 0.2) is 24.3 Å². The second kappa shape index (κ2) is 10.6.